The van der Waals surface area contributed by atoms with Crippen LogP contribution in [0.1, 0.15) is 25.0 Å². The van der Waals surface area contributed by atoms with E-state index in [4.69, 9.17) is 16.3 Å². The zero-order chi connectivity index (χ0) is 20.5. The summed E-state index contributed by atoms with van der Waals surface area (Å²) in [5, 5.41) is -0.453. The van der Waals surface area contributed by atoms with Gasteiger partial charge in [-0.1, -0.05) is 25.4 Å². The molecule has 0 bridgehead atoms. The third-order valence-corrected chi connectivity index (χ3v) is 4.02. The number of rotatable bonds is 3. The summed E-state index contributed by atoms with van der Waals surface area (Å²) in [5.41, 5.74) is -2.14. The van der Waals surface area contributed by atoms with Gasteiger partial charge in [-0.05, 0) is 25.1 Å². The van der Waals surface area contributed by atoms with Gasteiger partial charge in [0.25, 0.3) is 5.56 Å². The average Bonchev–Trinajstić information content (AvgIpc) is 2.56. The van der Waals surface area contributed by atoms with Crippen LogP contribution in [0.2, 0.25) is 5.02 Å². The Kier molecular flexibility index (Phi) is 5.84. The Morgan fingerprint density at radius 3 is 2.48 bits per heavy atom. The molecule has 6 nitrogen and oxygen atoms in total. The van der Waals surface area contributed by atoms with Crippen molar-refractivity contribution in [3.05, 3.63) is 55.2 Å². The van der Waals surface area contributed by atoms with E-state index in [9.17, 15) is 22.8 Å². The molecule has 0 atom stereocenters. The largest absolute Gasteiger partial charge is 0.443 e. The summed E-state index contributed by atoms with van der Waals surface area (Å²) in [6.45, 7) is 4.89. The number of ether oxygens (including phenoxy) is 1. The van der Waals surface area contributed by atoms with Crippen molar-refractivity contribution in [1.29, 1.82) is 0 Å². The van der Waals surface area contributed by atoms with Crippen LogP contribution in [0.5, 0.6) is 5.75 Å². The zero-order valence-corrected chi connectivity index (χ0v) is 15.7. The first-order chi connectivity index (χ1) is 12.4. The van der Waals surface area contributed by atoms with E-state index in [1.807, 2.05) is 0 Å². The van der Waals surface area contributed by atoms with E-state index in [0.717, 1.165) is 16.7 Å². The van der Waals surface area contributed by atoms with E-state index < -0.39 is 28.0 Å². The van der Waals surface area contributed by atoms with Gasteiger partial charge in [-0.15, -0.1) is 0 Å². The number of aromatic amines is 1. The van der Waals surface area contributed by atoms with Crippen molar-refractivity contribution in [2.45, 2.75) is 26.9 Å². The summed E-state index contributed by atoms with van der Waals surface area (Å²) in [5.74, 6) is -0.373. The molecule has 1 aromatic carbocycles. The van der Waals surface area contributed by atoms with Gasteiger partial charge in [-0.3, -0.25) is 14.3 Å². The van der Waals surface area contributed by atoms with Crippen molar-refractivity contribution in [2.24, 2.45) is 18.0 Å². The summed E-state index contributed by atoms with van der Waals surface area (Å²) in [7, 11) is 1.41. The van der Waals surface area contributed by atoms with Crippen LogP contribution in [-0.2, 0) is 13.2 Å². The second kappa shape index (κ2) is 7.59. The van der Waals surface area contributed by atoms with Crippen LogP contribution in [0.3, 0.4) is 0 Å². The number of alkyl halides is 3. The summed E-state index contributed by atoms with van der Waals surface area (Å²) >= 11 is 5.60. The molecule has 0 aliphatic rings. The first-order valence-corrected chi connectivity index (χ1v) is 8.22. The van der Waals surface area contributed by atoms with E-state index in [2.05, 4.69) is 9.98 Å². The topological polar surface area (TPSA) is 76.5 Å². The van der Waals surface area contributed by atoms with Crippen LogP contribution in [0.15, 0.2) is 32.8 Å². The summed E-state index contributed by atoms with van der Waals surface area (Å²) in [6.07, 6.45) is -4.64. The predicted molar refractivity (Wildman–Crippen MR) is 96.1 cm³/mol. The average molecular weight is 404 g/mol. The molecule has 0 amide bonds. The molecule has 0 saturated heterocycles. The highest BCUT2D eigenvalue weighted by Crippen LogP contribution is 2.37. The second-order valence-electron chi connectivity index (χ2n) is 6.11. The lowest BCUT2D eigenvalue weighted by Crippen LogP contribution is -2.30. The van der Waals surface area contributed by atoms with Gasteiger partial charge >= 0.3 is 11.9 Å². The SMILES string of the molecule is Cc1c(/N=C(/Oc2ccc(Cl)c(C(F)(F)F)c2)C(C)C)n(C)c(=O)[nH]c1=O. The standard InChI is InChI=1S/C17H17ClF3N3O3/c1-8(2)15(22-13-9(3)14(25)23-16(26)24(13)4)27-10-5-6-12(18)11(7-10)17(19,20)21/h5-8H,1-4H3,(H,23,25,26)/b22-15+. The van der Waals surface area contributed by atoms with Crippen LogP contribution < -0.4 is 16.0 Å². The molecule has 0 aliphatic carbocycles. The molecule has 1 N–H and O–H groups in total. The lowest BCUT2D eigenvalue weighted by Gasteiger charge is -2.16. The number of nitrogens with zero attached hydrogens (tertiary/aromatic N) is 2. The first kappa shape index (κ1) is 20.8. The van der Waals surface area contributed by atoms with Crippen molar-refractivity contribution in [2.75, 3.05) is 0 Å². The van der Waals surface area contributed by atoms with Gasteiger partial charge in [0.2, 0.25) is 0 Å². The molecular weight excluding hydrogens is 387 g/mol. The van der Waals surface area contributed by atoms with Gasteiger partial charge in [-0.25, -0.2) is 4.79 Å². The van der Waals surface area contributed by atoms with Gasteiger partial charge in [0.1, 0.15) is 11.6 Å². The van der Waals surface area contributed by atoms with Crippen LogP contribution >= 0.6 is 11.6 Å². The van der Waals surface area contributed by atoms with Crippen molar-refractivity contribution < 1.29 is 17.9 Å². The molecule has 0 unspecified atom stereocenters. The minimum absolute atomic E-state index is 0.0362. The Balaban J connectivity index is 2.55. The monoisotopic (exact) mass is 403 g/mol. The molecule has 2 rings (SSSR count). The van der Waals surface area contributed by atoms with Crippen LogP contribution in [0.4, 0.5) is 19.0 Å². The Labute approximate surface area is 157 Å². The maximum Gasteiger partial charge on any atom is 0.417 e. The van der Waals surface area contributed by atoms with Gasteiger partial charge in [0, 0.05) is 13.0 Å². The van der Waals surface area contributed by atoms with Crippen LogP contribution in [-0.4, -0.2) is 15.4 Å². The summed E-state index contributed by atoms with van der Waals surface area (Å²) in [4.78, 5) is 29.9. The van der Waals surface area contributed by atoms with Crippen molar-refractivity contribution in [3.8, 4) is 5.75 Å². The molecule has 2 aromatic rings. The molecule has 0 spiro atoms. The van der Waals surface area contributed by atoms with Gasteiger partial charge < -0.3 is 4.74 Å². The molecule has 0 saturated carbocycles. The number of nitrogens with one attached hydrogen (secondary N) is 1. The second-order valence-corrected chi connectivity index (χ2v) is 6.52. The lowest BCUT2D eigenvalue weighted by molar-refractivity contribution is -0.137. The van der Waals surface area contributed by atoms with Crippen molar-refractivity contribution >= 4 is 23.3 Å². The fourth-order valence-electron chi connectivity index (χ4n) is 2.16. The van der Waals surface area contributed by atoms with Crippen molar-refractivity contribution in [3.63, 3.8) is 0 Å². The Bertz CT molecular complexity index is 973. The quantitative estimate of drug-likeness (QED) is 0.625. The third-order valence-electron chi connectivity index (χ3n) is 3.69. The maximum atomic E-state index is 13.0. The van der Waals surface area contributed by atoms with Gasteiger partial charge in [-0.2, -0.15) is 18.2 Å². The zero-order valence-electron chi connectivity index (χ0n) is 14.9. The number of aliphatic imine (C=N–C) groups is 1. The molecule has 10 heteroatoms. The normalized spacial score (nSPS) is 12.6. The van der Waals surface area contributed by atoms with E-state index >= 15 is 0 Å². The van der Waals surface area contributed by atoms with Gasteiger partial charge in [0.15, 0.2) is 5.90 Å². The van der Waals surface area contributed by atoms with E-state index in [1.54, 1.807) is 13.8 Å². The molecule has 1 aromatic heterocycles. The number of H-pyrrole nitrogens is 1. The lowest BCUT2D eigenvalue weighted by atomic mass is 10.2. The van der Waals surface area contributed by atoms with E-state index in [1.165, 1.54) is 20.0 Å². The minimum atomic E-state index is -4.64. The minimum Gasteiger partial charge on any atom is -0.443 e. The number of hydrogen-bond acceptors (Lipinski definition) is 4. The van der Waals surface area contributed by atoms with E-state index in [0.29, 0.717) is 0 Å². The molecule has 1 heterocycles. The highest BCUT2D eigenvalue weighted by Gasteiger charge is 2.33. The summed E-state index contributed by atoms with van der Waals surface area (Å²) < 4.78 is 45.7. The molecular formula is C17H17ClF3N3O3. The number of hydrogen-bond donors (Lipinski definition) is 1. The molecule has 0 fully saturated rings. The fraction of sp³-hybridized carbons (Fsp3) is 0.353. The number of benzene rings is 1. The molecule has 0 aliphatic heterocycles. The third kappa shape index (κ3) is 4.60. The Hall–Kier alpha value is -2.55. The van der Waals surface area contributed by atoms with E-state index in [-0.39, 0.29) is 28.9 Å². The van der Waals surface area contributed by atoms with Gasteiger partial charge in [0.05, 0.1) is 16.1 Å². The van der Waals surface area contributed by atoms with Crippen molar-refractivity contribution in [1.82, 2.24) is 9.55 Å². The Morgan fingerprint density at radius 2 is 1.93 bits per heavy atom. The Morgan fingerprint density at radius 1 is 1.30 bits per heavy atom. The molecule has 146 valence electrons. The number of aromatic nitrogens is 2. The van der Waals surface area contributed by atoms with Crippen LogP contribution in [0.25, 0.3) is 0 Å². The molecule has 0 radical (unpaired) electrons. The smallest absolute Gasteiger partial charge is 0.417 e. The highest BCUT2D eigenvalue weighted by atomic mass is 35.5. The maximum absolute atomic E-state index is 13.0. The first-order valence-electron chi connectivity index (χ1n) is 7.85. The number of halogens is 4. The highest BCUT2D eigenvalue weighted by molar-refractivity contribution is 6.31. The predicted octanol–water partition coefficient (Wildman–Crippen LogP) is 3.82. The molecule has 27 heavy (non-hydrogen) atoms. The fourth-order valence-corrected chi connectivity index (χ4v) is 2.39. The summed E-state index contributed by atoms with van der Waals surface area (Å²) in [6, 6.07) is 3.12. The van der Waals surface area contributed by atoms with Crippen LogP contribution in [0, 0.1) is 12.8 Å².